The molecule has 2 rings (SSSR count). The fourth-order valence-electron chi connectivity index (χ4n) is 2.56. The number of benzene rings is 1. The predicted molar refractivity (Wildman–Crippen MR) is 77.1 cm³/mol. The number of carbonyl (C=O) groups excluding carboxylic acids is 1. The molecule has 0 radical (unpaired) electrons. The van der Waals surface area contributed by atoms with Crippen LogP contribution in [0.15, 0.2) is 30.3 Å². The van der Waals surface area contributed by atoms with Crippen molar-refractivity contribution in [1.29, 1.82) is 0 Å². The number of amides is 1. The summed E-state index contributed by atoms with van der Waals surface area (Å²) in [5.74, 6) is 0.0838. The van der Waals surface area contributed by atoms with Gasteiger partial charge in [-0.3, -0.25) is 4.79 Å². The summed E-state index contributed by atoms with van der Waals surface area (Å²) in [6, 6.07) is 9.78. The first kappa shape index (κ1) is 15.0. The molecule has 1 fully saturated rings. The highest BCUT2D eigenvalue weighted by Gasteiger charge is 2.23. The fraction of sp³-hybridized carbons (Fsp3) is 0.562. The van der Waals surface area contributed by atoms with E-state index in [0.29, 0.717) is 13.2 Å². The van der Waals surface area contributed by atoms with Gasteiger partial charge in [0, 0.05) is 12.5 Å². The van der Waals surface area contributed by atoms with Crippen LogP contribution in [-0.2, 0) is 16.1 Å². The standard InChI is InChI=1S/C16H23NO3/c18-15-9-5-4-8-14(15)10-17-16(19)12-20-11-13-6-2-1-3-7-13/h1-3,6-7,14-15,18H,4-5,8-12H2,(H,17,19). The van der Waals surface area contributed by atoms with Crippen molar-refractivity contribution in [3.05, 3.63) is 35.9 Å². The Labute approximate surface area is 120 Å². The van der Waals surface area contributed by atoms with Gasteiger partial charge in [-0.2, -0.15) is 0 Å². The molecule has 20 heavy (non-hydrogen) atoms. The SMILES string of the molecule is O=C(COCc1ccccc1)NCC1CCCCC1O. The van der Waals surface area contributed by atoms with E-state index in [2.05, 4.69) is 5.32 Å². The largest absolute Gasteiger partial charge is 0.393 e. The Hall–Kier alpha value is -1.39. The predicted octanol–water partition coefficient (Wildman–Crippen LogP) is 1.87. The Morgan fingerprint density at radius 3 is 2.75 bits per heavy atom. The van der Waals surface area contributed by atoms with Crippen molar-refractivity contribution in [2.75, 3.05) is 13.2 Å². The number of aliphatic hydroxyl groups is 1. The molecule has 1 amide bonds. The van der Waals surface area contributed by atoms with E-state index >= 15 is 0 Å². The van der Waals surface area contributed by atoms with Gasteiger partial charge in [0.1, 0.15) is 6.61 Å². The normalized spacial score (nSPS) is 22.4. The Morgan fingerprint density at radius 1 is 1.25 bits per heavy atom. The number of rotatable bonds is 6. The van der Waals surface area contributed by atoms with Gasteiger partial charge in [-0.05, 0) is 18.4 Å². The van der Waals surface area contributed by atoms with Gasteiger partial charge in [0.15, 0.2) is 0 Å². The molecule has 2 N–H and O–H groups in total. The van der Waals surface area contributed by atoms with Gasteiger partial charge in [0.2, 0.25) is 5.91 Å². The summed E-state index contributed by atoms with van der Waals surface area (Å²) in [5.41, 5.74) is 1.06. The van der Waals surface area contributed by atoms with E-state index in [0.717, 1.165) is 31.2 Å². The summed E-state index contributed by atoms with van der Waals surface area (Å²) in [7, 11) is 0. The van der Waals surface area contributed by atoms with Gasteiger partial charge in [0.25, 0.3) is 0 Å². The van der Waals surface area contributed by atoms with Crippen LogP contribution in [0.3, 0.4) is 0 Å². The van der Waals surface area contributed by atoms with E-state index in [1.165, 1.54) is 0 Å². The lowest BCUT2D eigenvalue weighted by molar-refractivity contribution is -0.126. The molecule has 4 nitrogen and oxygen atoms in total. The van der Waals surface area contributed by atoms with Crippen LogP contribution in [-0.4, -0.2) is 30.3 Å². The molecule has 110 valence electrons. The maximum absolute atomic E-state index is 11.7. The van der Waals surface area contributed by atoms with Crippen molar-refractivity contribution in [3.63, 3.8) is 0 Å². The van der Waals surface area contributed by atoms with E-state index in [1.807, 2.05) is 30.3 Å². The van der Waals surface area contributed by atoms with Crippen LogP contribution in [0, 0.1) is 5.92 Å². The van der Waals surface area contributed by atoms with Gasteiger partial charge >= 0.3 is 0 Å². The Bertz CT molecular complexity index is 407. The highest BCUT2D eigenvalue weighted by molar-refractivity contribution is 5.77. The molecular weight excluding hydrogens is 254 g/mol. The fourth-order valence-corrected chi connectivity index (χ4v) is 2.56. The number of aliphatic hydroxyl groups excluding tert-OH is 1. The van der Waals surface area contributed by atoms with Gasteiger partial charge in [0.05, 0.1) is 12.7 Å². The van der Waals surface area contributed by atoms with Crippen LogP contribution in [0.2, 0.25) is 0 Å². The Balaban J connectivity index is 1.60. The van der Waals surface area contributed by atoms with Gasteiger partial charge in [-0.1, -0.05) is 43.2 Å². The zero-order valence-electron chi connectivity index (χ0n) is 11.8. The smallest absolute Gasteiger partial charge is 0.246 e. The minimum Gasteiger partial charge on any atom is -0.393 e. The molecule has 0 heterocycles. The van der Waals surface area contributed by atoms with E-state index < -0.39 is 0 Å². The lowest BCUT2D eigenvalue weighted by Crippen LogP contribution is -2.38. The topological polar surface area (TPSA) is 58.6 Å². The van der Waals surface area contributed by atoms with Gasteiger partial charge in [-0.25, -0.2) is 0 Å². The number of carbonyl (C=O) groups is 1. The summed E-state index contributed by atoms with van der Waals surface area (Å²) in [6.45, 7) is 1.06. The lowest BCUT2D eigenvalue weighted by atomic mass is 9.86. The third kappa shape index (κ3) is 4.94. The van der Waals surface area contributed by atoms with Crippen LogP contribution < -0.4 is 5.32 Å². The van der Waals surface area contributed by atoms with Crippen molar-refractivity contribution in [1.82, 2.24) is 5.32 Å². The molecule has 1 aromatic rings. The van der Waals surface area contributed by atoms with Gasteiger partial charge in [-0.15, -0.1) is 0 Å². The molecule has 0 aromatic heterocycles. The first-order chi connectivity index (χ1) is 9.75. The Morgan fingerprint density at radius 2 is 2.00 bits per heavy atom. The van der Waals surface area contributed by atoms with E-state index in [9.17, 15) is 9.90 Å². The molecule has 1 aliphatic carbocycles. The third-order valence-electron chi connectivity index (χ3n) is 3.78. The molecule has 0 saturated heterocycles. The van der Waals surface area contributed by atoms with Crippen molar-refractivity contribution in [3.8, 4) is 0 Å². The molecule has 0 spiro atoms. The molecule has 0 aliphatic heterocycles. The molecular formula is C16H23NO3. The van der Waals surface area contributed by atoms with E-state index in [1.54, 1.807) is 0 Å². The minimum absolute atomic E-state index is 0.0672. The van der Waals surface area contributed by atoms with Crippen molar-refractivity contribution in [2.45, 2.75) is 38.4 Å². The molecule has 2 unspecified atom stereocenters. The monoisotopic (exact) mass is 277 g/mol. The summed E-state index contributed by atoms with van der Waals surface area (Å²) in [6.07, 6.45) is 3.81. The second-order valence-corrected chi connectivity index (χ2v) is 5.39. The first-order valence-corrected chi connectivity index (χ1v) is 7.32. The number of ether oxygens (including phenoxy) is 1. The summed E-state index contributed by atoms with van der Waals surface area (Å²) in [5, 5.41) is 12.7. The van der Waals surface area contributed by atoms with Crippen LogP contribution >= 0.6 is 0 Å². The van der Waals surface area contributed by atoms with Crippen LogP contribution in [0.25, 0.3) is 0 Å². The second-order valence-electron chi connectivity index (χ2n) is 5.39. The minimum atomic E-state index is -0.269. The summed E-state index contributed by atoms with van der Waals surface area (Å²) < 4.78 is 5.37. The lowest BCUT2D eigenvalue weighted by Gasteiger charge is -2.27. The van der Waals surface area contributed by atoms with Crippen molar-refractivity contribution in [2.24, 2.45) is 5.92 Å². The van der Waals surface area contributed by atoms with E-state index in [4.69, 9.17) is 4.74 Å². The third-order valence-corrected chi connectivity index (χ3v) is 3.78. The average molecular weight is 277 g/mol. The molecule has 2 atom stereocenters. The highest BCUT2D eigenvalue weighted by Crippen LogP contribution is 2.23. The molecule has 1 saturated carbocycles. The maximum atomic E-state index is 11.7. The van der Waals surface area contributed by atoms with Crippen molar-refractivity contribution >= 4 is 5.91 Å². The highest BCUT2D eigenvalue weighted by atomic mass is 16.5. The average Bonchev–Trinajstić information content (AvgIpc) is 2.47. The van der Waals surface area contributed by atoms with Crippen LogP contribution in [0.1, 0.15) is 31.2 Å². The quantitative estimate of drug-likeness (QED) is 0.834. The van der Waals surface area contributed by atoms with Crippen molar-refractivity contribution < 1.29 is 14.6 Å². The van der Waals surface area contributed by atoms with E-state index in [-0.39, 0.29) is 24.5 Å². The molecule has 1 aromatic carbocycles. The summed E-state index contributed by atoms with van der Waals surface area (Å²) in [4.78, 5) is 11.7. The molecule has 4 heteroatoms. The first-order valence-electron chi connectivity index (χ1n) is 7.32. The Kier molecular flexibility index (Phi) is 6.02. The van der Waals surface area contributed by atoms with Crippen LogP contribution in [0.5, 0.6) is 0 Å². The second kappa shape index (κ2) is 8.02. The zero-order valence-corrected chi connectivity index (χ0v) is 11.8. The summed E-state index contributed by atoms with van der Waals surface area (Å²) >= 11 is 0. The number of hydrogen-bond donors (Lipinski definition) is 2. The zero-order chi connectivity index (χ0) is 14.2. The number of hydrogen-bond acceptors (Lipinski definition) is 3. The maximum Gasteiger partial charge on any atom is 0.246 e. The van der Waals surface area contributed by atoms with Gasteiger partial charge < -0.3 is 15.2 Å². The number of nitrogens with one attached hydrogen (secondary N) is 1. The van der Waals surface area contributed by atoms with Crippen LogP contribution in [0.4, 0.5) is 0 Å². The molecule has 0 bridgehead atoms. The molecule has 1 aliphatic rings.